The lowest BCUT2D eigenvalue weighted by atomic mass is 10.0. The van der Waals surface area contributed by atoms with Gasteiger partial charge in [-0.1, -0.05) is 60.7 Å². The van der Waals surface area contributed by atoms with Gasteiger partial charge in [-0.05, 0) is 11.1 Å². The van der Waals surface area contributed by atoms with Crippen LogP contribution in [0, 0.1) is 0 Å². The van der Waals surface area contributed by atoms with Gasteiger partial charge in [-0.25, -0.2) is 0 Å². The fraction of sp³-hybridized carbons (Fsp3) is 0.316. The molecule has 0 spiro atoms. The van der Waals surface area contributed by atoms with E-state index in [-0.39, 0.29) is 12.0 Å². The number of ether oxygens (including phenoxy) is 1. The quantitative estimate of drug-likeness (QED) is 0.941. The van der Waals surface area contributed by atoms with Crippen molar-refractivity contribution in [1.29, 1.82) is 0 Å². The minimum Gasteiger partial charge on any atom is -0.374 e. The van der Waals surface area contributed by atoms with Gasteiger partial charge in [0.15, 0.2) is 0 Å². The molecule has 0 unspecified atom stereocenters. The van der Waals surface area contributed by atoms with Gasteiger partial charge in [0.25, 0.3) is 0 Å². The summed E-state index contributed by atoms with van der Waals surface area (Å²) in [5.74, 6) is -0.0300. The van der Waals surface area contributed by atoms with E-state index in [9.17, 15) is 4.79 Å². The standard InChI is InChI=1S/C19H22N2O2/c20-18(16-9-5-2-6-10-16)19(22)21-11-12-23-17(14-21)13-15-7-3-1-4-8-15/h1-10,17-18H,11-14,20H2/t17-,18-/m1/s1. The summed E-state index contributed by atoms with van der Waals surface area (Å²) in [5.41, 5.74) is 8.21. The molecule has 2 aromatic carbocycles. The molecule has 23 heavy (non-hydrogen) atoms. The highest BCUT2D eigenvalue weighted by Crippen LogP contribution is 2.17. The predicted molar refractivity (Wildman–Crippen MR) is 89.8 cm³/mol. The normalized spacial score (nSPS) is 19.3. The molecule has 0 bridgehead atoms. The molecule has 3 rings (SSSR count). The highest BCUT2D eigenvalue weighted by atomic mass is 16.5. The van der Waals surface area contributed by atoms with Gasteiger partial charge in [-0.15, -0.1) is 0 Å². The summed E-state index contributed by atoms with van der Waals surface area (Å²) in [7, 11) is 0. The van der Waals surface area contributed by atoms with E-state index in [1.807, 2.05) is 53.4 Å². The number of carbonyl (C=O) groups is 1. The first-order valence-electron chi connectivity index (χ1n) is 7.99. The molecule has 0 aromatic heterocycles. The number of nitrogens with two attached hydrogens (primary N) is 1. The Balaban J connectivity index is 1.63. The number of benzene rings is 2. The maximum Gasteiger partial charge on any atom is 0.244 e. The monoisotopic (exact) mass is 310 g/mol. The number of hydrogen-bond acceptors (Lipinski definition) is 3. The number of amides is 1. The number of carbonyl (C=O) groups excluding carboxylic acids is 1. The first-order valence-corrected chi connectivity index (χ1v) is 7.99. The van der Waals surface area contributed by atoms with Gasteiger partial charge in [-0.3, -0.25) is 4.79 Å². The number of rotatable bonds is 4. The van der Waals surface area contributed by atoms with Crippen molar-refractivity contribution in [2.45, 2.75) is 18.6 Å². The number of nitrogens with zero attached hydrogens (tertiary/aromatic N) is 1. The molecule has 2 atom stereocenters. The van der Waals surface area contributed by atoms with Crippen molar-refractivity contribution in [3.8, 4) is 0 Å². The Morgan fingerprint density at radius 2 is 1.78 bits per heavy atom. The molecule has 4 nitrogen and oxygen atoms in total. The zero-order chi connectivity index (χ0) is 16.1. The van der Waals surface area contributed by atoms with E-state index < -0.39 is 6.04 Å². The number of morpholine rings is 1. The molecule has 2 N–H and O–H groups in total. The first kappa shape index (κ1) is 15.7. The van der Waals surface area contributed by atoms with Gasteiger partial charge in [0.1, 0.15) is 6.04 Å². The van der Waals surface area contributed by atoms with Gasteiger partial charge in [-0.2, -0.15) is 0 Å². The fourth-order valence-corrected chi connectivity index (χ4v) is 2.92. The third-order valence-corrected chi connectivity index (χ3v) is 4.18. The predicted octanol–water partition coefficient (Wildman–Crippen LogP) is 2.16. The lowest BCUT2D eigenvalue weighted by molar-refractivity contribution is -0.140. The highest BCUT2D eigenvalue weighted by molar-refractivity contribution is 5.83. The average molecular weight is 310 g/mol. The van der Waals surface area contributed by atoms with Gasteiger partial charge in [0, 0.05) is 19.5 Å². The third kappa shape index (κ3) is 3.97. The van der Waals surface area contributed by atoms with Crippen LogP contribution in [0.1, 0.15) is 17.2 Å². The molecule has 1 aliphatic rings. The largest absolute Gasteiger partial charge is 0.374 e. The van der Waals surface area contributed by atoms with Gasteiger partial charge in [0.2, 0.25) is 5.91 Å². The van der Waals surface area contributed by atoms with Crippen LogP contribution in [0.3, 0.4) is 0 Å². The molecular formula is C19H22N2O2. The first-order chi connectivity index (χ1) is 11.2. The third-order valence-electron chi connectivity index (χ3n) is 4.18. The SMILES string of the molecule is N[C@@H](C(=O)N1CCO[C@H](Cc2ccccc2)C1)c1ccccc1. The summed E-state index contributed by atoms with van der Waals surface area (Å²) >= 11 is 0. The zero-order valence-corrected chi connectivity index (χ0v) is 13.1. The highest BCUT2D eigenvalue weighted by Gasteiger charge is 2.28. The molecule has 0 aliphatic carbocycles. The summed E-state index contributed by atoms with van der Waals surface area (Å²) in [6, 6.07) is 19.1. The minimum atomic E-state index is -0.605. The van der Waals surface area contributed by atoms with E-state index in [4.69, 9.17) is 10.5 Å². The van der Waals surface area contributed by atoms with E-state index in [2.05, 4.69) is 12.1 Å². The molecule has 1 amide bonds. The van der Waals surface area contributed by atoms with E-state index in [0.717, 1.165) is 12.0 Å². The summed E-state index contributed by atoms with van der Waals surface area (Å²) in [5, 5.41) is 0. The second-order valence-corrected chi connectivity index (χ2v) is 5.86. The summed E-state index contributed by atoms with van der Waals surface area (Å²) in [6.07, 6.45) is 0.837. The van der Waals surface area contributed by atoms with Crippen molar-refractivity contribution in [3.05, 3.63) is 71.8 Å². The molecular weight excluding hydrogens is 288 g/mol. The second kappa shape index (κ2) is 7.40. The van der Waals surface area contributed by atoms with Gasteiger partial charge in [0.05, 0.1) is 12.7 Å². The Hall–Kier alpha value is -2.17. The van der Waals surface area contributed by atoms with Crippen molar-refractivity contribution in [2.24, 2.45) is 5.73 Å². The van der Waals surface area contributed by atoms with Crippen LogP contribution in [-0.2, 0) is 16.0 Å². The van der Waals surface area contributed by atoms with Crippen molar-refractivity contribution in [1.82, 2.24) is 4.90 Å². The van der Waals surface area contributed by atoms with Crippen LogP contribution >= 0.6 is 0 Å². The Morgan fingerprint density at radius 1 is 1.13 bits per heavy atom. The Kier molecular flexibility index (Phi) is 5.05. The fourth-order valence-electron chi connectivity index (χ4n) is 2.92. The van der Waals surface area contributed by atoms with Crippen LogP contribution in [0.2, 0.25) is 0 Å². The molecule has 0 saturated carbocycles. The maximum atomic E-state index is 12.6. The van der Waals surface area contributed by atoms with Crippen LogP contribution < -0.4 is 5.73 Å². The molecule has 2 aromatic rings. The van der Waals surface area contributed by atoms with E-state index in [1.165, 1.54) is 5.56 Å². The second-order valence-electron chi connectivity index (χ2n) is 5.86. The average Bonchev–Trinajstić information content (AvgIpc) is 2.62. The van der Waals surface area contributed by atoms with Crippen LogP contribution in [0.5, 0.6) is 0 Å². The van der Waals surface area contributed by atoms with Gasteiger partial charge < -0.3 is 15.4 Å². The van der Waals surface area contributed by atoms with Crippen LogP contribution in [-0.4, -0.2) is 36.6 Å². The molecule has 1 saturated heterocycles. The molecule has 120 valence electrons. The lowest BCUT2D eigenvalue weighted by Gasteiger charge is -2.34. The zero-order valence-electron chi connectivity index (χ0n) is 13.1. The molecule has 1 aliphatic heterocycles. The van der Waals surface area contributed by atoms with Crippen molar-refractivity contribution in [2.75, 3.05) is 19.7 Å². The van der Waals surface area contributed by atoms with E-state index in [0.29, 0.717) is 19.7 Å². The van der Waals surface area contributed by atoms with Crippen LogP contribution in [0.25, 0.3) is 0 Å². The Bertz CT molecular complexity index is 630. The summed E-state index contributed by atoms with van der Waals surface area (Å²) in [6.45, 7) is 1.75. The van der Waals surface area contributed by atoms with Crippen LogP contribution in [0.4, 0.5) is 0 Å². The topological polar surface area (TPSA) is 55.6 Å². The van der Waals surface area contributed by atoms with Crippen molar-refractivity contribution < 1.29 is 9.53 Å². The van der Waals surface area contributed by atoms with Crippen molar-refractivity contribution in [3.63, 3.8) is 0 Å². The van der Waals surface area contributed by atoms with Crippen LogP contribution in [0.15, 0.2) is 60.7 Å². The van der Waals surface area contributed by atoms with Gasteiger partial charge >= 0.3 is 0 Å². The Labute approximate surface area is 136 Å². The number of hydrogen-bond donors (Lipinski definition) is 1. The molecule has 1 heterocycles. The maximum absolute atomic E-state index is 12.6. The molecule has 1 fully saturated rings. The molecule has 0 radical (unpaired) electrons. The van der Waals surface area contributed by atoms with Crippen molar-refractivity contribution >= 4 is 5.91 Å². The lowest BCUT2D eigenvalue weighted by Crippen LogP contribution is -2.49. The smallest absolute Gasteiger partial charge is 0.244 e. The molecule has 4 heteroatoms. The summed E-state index contributed by atoms with van der Waals surface area (Å²) < 4.78 is 5.81. The Morgan fingerprint density at radius 3 is 2.48 bits per heavy atom. The summed E-state index contributed by atoms with van der Waals surface area (Å²) in [4.78, 5) is 14.5. The minimum absolute atomic E-state index is 0.0260. The van der Waals surface area contributed by atoms with E-state index in [1.54, 1.807) is 0 Å². The van der Waals surface area contributed by atoms with E-state index >= 15 is 0 Å².